The average Bonchev–Trinajstić information content (AvgIpc) is 2.99. The molecule has 240 valence electrons. The number of nitrogens with zero attached hydrogens (tertiary/aromatic N) is 1. The number of sulfonamides is 1. The van der Waals surface area contributed by atoms with Gasteiger partial charge in [-0.05, 0) is 37.5 Å². The van der Waals surface area contributed by atoms with E-state index in [0.717, 1.165) is 5.56 Å². The summed E-state index contributed by atoms with van der Waals surface area (Å²) in [6.07, 6.45) is -0.979. The Morgan fingerprint density at radius 3 is 2.07 bits per heavy atom. The molecule has 2 aromatic rings. The van der Waals surface area contributed by atoms with Gasteiger partial charge in [0.2, 0.25) is 17.8 Å². The van der Waals surface area contributed by atoms with Crippen LogP contribution in [0.5, 0.6) is 0 Å². The van der Waals surface area contributed by atoms with Gasteiger partial charge in [-0.25, -0.2) is 22.7 Å². The Hall–Kier alpha value is -4.74. The molecule has 0 bridgehead atoms. The van der Waals surface area contributed by atoms with Crippen LogP contribution in [0.1, 0.15) is 24.0 Å². The number of hydrogen-bond donors (Lipinski definition) is 8. The van der Waals surface area contributed by atoms with Crippen molar-refractivity contribution in [3.05, 3.63) is 65.7 Å². The minimum atomic E-state index is -3.99. The number of carboxylic acid groups (broad SMARTS) is 1. The van der Waals surface area contributed by atoms with Crippen molar-refractivity contribution in [1.82, 2.24) is 20.7 Å². The molecular formula is C27H36N6O10S. The highest BCUT2D eigenvalue weighted by Gasteiger charge is 2.29. The summed E-state index contributed by atoms with van der Waals surface area (Å²) in [6, 6.07) is 10.1. The summed E-state index contributed by atoms with van der Waals surface area (Å²) in [7, 11) is -3.99. The lowest BCUT2D eigenvalue weighted by molar-refractivity contribution is -0.143. The van der Waals surface area contributed by atoms with Crippen LogP contribution in [0.4, 0.5) is 4.79 Å². The molecule has 0 aromatic heterocycles. The van der Waals surface area contributed by atoms with Crippen molar-refractivity contribution >= 4 is 39.9 Å². The maximum absolute atomic E-state index is 13.0. The molecule has 2 aromatic carbocycles. The van der Waals surface area contributed by atoms with Gasteiger partial charge in [-0.3, -0.25) is 14.6 Å². The molecule has 2 rings (SSSR count). The number of nitrogens with two attached hydrogens (primary N) is 1. The Morgan fingerprint density at radius 2 is 1.48 bits per heavy atom. The van der Waals surface area contributed by atoms with Crippen molar-refractivity contribution in [3.63, 3.8) is 0 Å². The first-order valence-electron chi connectivity index (χ1n) is 13.3. The second-order valence-corrected chi connectivity index (χ2v) is 11.1. The monoisotopic (exact) mass is 636 g/mol. The van der Waals surface area contributed by atoms with Gasteiger partial charge in [0.15, 0.2) is 0 Å². The zero-order valence-corrected chi connectivity index (χ0v) is 24.6. The molecule has 0 spiro atoms. The fraction of sp³-hybridized carbons (Fsp3) is 0.370. The molecule has 0 heterocycles. The lowest BCUT2D eigenvalue weighted by Gasteiger charge is -2.23. The van der Waals surface area contributed by atoms with Crippen LogP contribution in [0.2, 0.25) is 0 Å². The van der Waals surface area contributed by atoms with Gasteiger partial charge in [-0.15, -0.1) is 0 Å². The van der Waals surface area contributed by atoms with Gasteiger partial charge in [0.25, 0.3) is 10.0 Å². The molecule has 3 atom stereocenters. The van der Waals surface area contributed by atoms with Gasteiger partial charge < -0.3 is 41.7 Å². The van der Waals surface area contributed by atoms with Crippen LogP contribution in [0.15, 0.2) is 64.5 Å². The number of hydrogen-bond acceptors (Lipinski definition) is 10. The second kappa shape index (κ2) is 17.4. The van der Waals surface area contributed by atoms with E-state index in [1.165, 1.54) is 12.1 Å². The average molecular weight is 637 g/mol. The minimum absolute atomic E-state index is 0.0210. The summed E-state index contributed by atoms with van der Waals surface area (Å²) in [5.74, 6) is -3.96. The van der Waals surface area contributed by atoms with Crippen molar-refractivity contribution in [2.45, 2.75) is 49.4 Å². The van der Waals surface area contributed by atoms with E-state index < -0.39 is 71.2 Å². The summed E-state index contributed by atoms with van der Waals surface area (Å²) >= 11 is 0. The predicted molar refractivity (Wildman–Crippen MR) is 156 cm³/mol. The molecule has 0 aliphatic heterocycles. The molecule has 0 unspecified atom stereocenters. The van der Waals surface area contributed by atoms with E-state index in [1.54, 1.807) is 49.4 Å². The van der Waals surface area contributed by atoms with E-state index in [4.69, 9.17) is 20.7 Å². The van der Waals surface area contributed by atoms with Gasteiger partial charge in [-0.1, -0.05) is 48.0 Å². The standard InChI is InChI=1S/C27H36N6O10S/c1-17-9-11-19(12-10-17)44(41,42)33-26(28)29-13-5-8-20(32-27(40)43-16-18-6-3-2-4-7-18)23(36)30-21(14-34)24(37)31-22(15-35)25(38)39/h2-4,6-7,9-12,20-22,34-35H,5,8,13-16H2,1H3,(H,30,36)(H,31,37)(H,32,40)(H,38,39)(H3,28,29,33)/t20-,21-,22-/m0/s1. The van der Waals surface area contributed by atoms with Crippen LogP contribution >= 0.6 is 0 Å². The zero-order chi connectivity index (χ0) is 32.7. The summed E-state index contributed by atoms with van der Waals surface area (Å²) in [6.45, 7) is -0.246. The first-order valence-corrected chi connectivity index (χ1v) is 14.8. The Balaban J connectivity index is 2.06. The van der Waals surface area contributed by atoms with Crippen LogP contribution in [0.25, 0.3) is 0 Å². The minimum Gasteiger partial charge on any atom is -0.480 e. The molecule has 0 radical (unpaired) electrons. The van der Waals surface area contributed by atoms with Crippen LogP contribution < -0.4 is 26.4 Å². The maximum Gasteiger partial charge on any atom is 0.408 e. The van der Waals surface area contributed by atoms with E-state index in [2.05, 4.69) is 20.3 Å². The summed E-state index contributed by atoms with van der Waals surface area (Å²) in [5.41, 5.74) is 7.27. The fourth-order valence-corrected chi connectivity index (χ4v) is 4.49. The zero-order valence-electron chi connectivity index (χ0n) is 23.8. The van der Waals surface area contributed by atoms with Gasteiger partial charge in [0.05, 0.1) is 18.1 Å². The number of aliphatic hydroxyl groups excluding tert-OH is 2. The normalized spacial score (nSPS) is 13.6. The number of carboxylic acids is 1. The molecule has 44 heavy (non-hydrogen) atoms. The highest BCUT2D eigenvalue weighted by molar-refractivity contribution is 7.90. The van der Waals surface area contributed by atoms with Gasteiger partial charge >= 0.3 is 12.1 Å². The van der Waals surface area contributed by atoms with E-state index in [9.17, 15) is 32.7 Å². The second-order valence-electron chi connectivity index (χ2n) is 9.41. The molecule has 0 saturated heterocycles. The number of guanidine groups is 1. The number of aliphatic hydroxyl groups is 2. The number of aliphatic imine (C=N–C) groups is 1. The van der Waals surface area contributed by atoms with Crippen LogP contribution in [-0.2, 0) is 35.8 Å². The van der Waals surface area contributed by atoms with Crippen LogP contribution in [0, 0.1) is 6.92 Å². The number of benzene rings is 2. The van der Waals surface area contributed by atoms with Gasteiger partial charge in [0.1, 0.15) is 24.7 Å². The summed E-state index contributed by atoms with van der Waals surface area (Å²) < 4.78 is 32.3. The van der Waals surface area contributed by atoms with Crippen molar-refractivity contribution in [2.24, 2.45) is 10.7 Å². The molecule has 9 N–H and O–H groups in total. The summed E-state index contributed by atoms with van der Waals surface area (Å²) in [5, 5.41) is 34.3. The van der Waals surface area contributed by atoms with E-state index in [1.807, 2.05) is 5.32 Å². The number of alkyl carbamates (subject to hydrolysis) is 1. The third-order valence-corrected chi connectivity index (χ3v) is 7.31. The topological polar surface area (TPSA) is 259 Å². The van der Waals surface area contributed by atoms with Gasteiger partial charge in [-0.2, -0.15) is 0 Å². The molecule has 0 fully saturated rings. The molecule has 16 nitrogen and oxygen atoms in total. The van der Waals surface area contributed by atoms with Crippen molar-refractivity contribution in [2.75, 3.05) is 19.8 Å². The SMILES string of the molecule is Cc1ccc(S(=O)(=O)NC(N)=NCCC[C@H](NC(=O)OCc2ccccc2)C(=O)N[C@@H](CO)C(=O)N[C@@H](CO)C(=O)O)cc1. The molecular weight excluding hydrogens is 600 g/mol. The highest BCUT2D eigenvalue weighted by atomic mass is 32.2. The van der Waals surface area contributed by atoms with E-state index in [-0.39, 0.29) is 30.9 Å². The van der Waals surface area contributed by atoms with Crippen molar-refractivity contribution in [3.8, 4) is 0 Å². The number of ether oxygens (including phenoxy) is 1. The molecule has 0 aliphatic rings. The van der Waals surface area contributed by atoms with Crippen LogP contribution in [0.3, 0.4) is 0 Å². The lowest BCUT2D eigenvalue weighted by Crippen LogP contribution is -2.57. The Bertz CT molecular complexity index is 1400. The predicted octanol–water partition coefficient (Wildman–Crippen LogP) is -1.30. The number of carbonyl (C=O) groups is 4. The molecule has 0 aliphatic carbocycles. The number of aryl methyl sites for hydroxylation is 1. The number of amides is 3. The van der Waals surface area contributed by atoms with E-state index in [0.29, 0.717) is 5.56 Å². The number of rotatable bonds is 16. The third-order valence-electron chi connectivity index (χ3n) is 5.94. The van der Waals surface area contributed by atoms with Crippen molar-refractivity contribution < 1.29 is 47.7 Å². The molecule has 0 saturated carbocycles. The molecule has 17 heteroatoms. The smallest absolute Gasteiger partial charge is 0.408 e. The third kappa shape index (κ3) is 11.9. The number of carbonyl (C=O) groups excluding carboxylic acids is 3. The lowest BCUT2D eigenvalue weighted by atomic mass is 10.1. The van der Waals surface area contributed by atoms with Crippen LogP contribution in [-0.4, -0.2) is 91.5 Å². The Labute approximate surface area is 253 Å². The molecule has 3 amide bonds. The van der Waals surface area contributed by atoms with Gasteiger partial charge in [0, 0.05) is 6.54 Å². The fourth-order valence-electron chi connectivity index (χ4n) is 3.54. The largest absolute Gasteiger partial charge is 0.480 e. The maximum atomic E-state index is 13.0. The van der Waals surface area contributed by atoms with Crippen molar-refractivity contribution in [1.29, 1.82) is 0 Å². The quantitative estimate of drug-likeness (QED) is 0.0610. The van der Waals surface area contributed by atoms with E-state index >= 15 is 0 Å². The number of aliphatic carboxylic acids is 1. The first-order chi connectivity index (χ1) is 20.9. The summed E-state index contributed by atoms with van der Waals surface area (Å²) in [4.78, 5) is 52.9. The Kier molecular flexibility index (Phi) is 14.0. The first kappa shape index (κ1) is 35.5. The Morgan fingerprint density at radius 1 is 0.886 bits per heavy atom. The number of nitrogens with one attached hydrogen (secondary N) is 4. The highest BCUT2D eigenvalue weighted by Crippen LogP contribution is 2.10.